The van der Waals surface area contributed by atoms with Gasteiger partial charge in [0.2, 0.25) is 5.88 Å². The number of H-pyrrole nitrogens is 1. The fraction of sp³-hybridized carbons (Fsp3) is 0.692. The first kappa shape index (κ1) is 13.0. The van der Waals surface area contributed by atoms with Gasteiger partial charge in [0.15, 0.2) is 0 Å². The molecular weight excluding hydrogens is 264 g/mol. The summed E-state index contributed by atoms with van der Waals surface area (Å²) >= 11 is 1.77. The van der Waals surface area contributed by atoms with Gasteiger partial charge in [0.25, 0.3) is 5.56 Å². The Balaban J connectivity index is 1.90. The Bertz CT molecular complexity index is 505. The number of rotatable bonds is 2. The topological polar surface area (TPSA) is 75.2 Å². The Morgan fingerprint density at radius 2 is 2.16 bits per heavy atom. The molecule has 2 N–H and O–H groups in total. The third-order valence-corrected chi connectivity index (χ3v) is 4.83. The van der Waals surface area contributed by atoms with E-state index >= 15 is 0 Å². The molecule has 1 aliphatic carbocycles. The summed E-state index contributed by atoms with van der Waals surface area (Å²) in [6, 6.07) is 0. The number of thioether (sulfide) groups is 1. The molecule has 1 aromatic heterocycles. The van der Waals surface area contributed by atoms with Crippen LogP contribution in [0.3, 0.4) is 0 Å². The van der Waals surface area contributed by atoms with Gasteiger partial charge >= 0.3 is 0 Å². The second-order valence-electron chi connectivity index (χ2n) is 5.10. The van der Waals surface area contributed by atoms with E-state index in [1.165, 1.54) is 0 Å². The number of nitrogens with one attached hydrogen (secondary N) is 1. The van der Waals surface area contributed by atoms with Gasteiger partial charge in [-0.25, -0.2) is 0 Å². The van der Waals surface area contributed by atoms with Crippen LogP contribution in [0, 0.1) is 0 Å². The van der Waals surface area contributed by atoms with Gasteiger partial charge in [-0.05, 0) is 18.8 Å². The molecule has 2 fully saturated rings. The van der Waals surface area contributed by atoms with E-state index in [0.29, 0.717) is 18.0 Å². The predicted octanol–water partition coefficient (Wildman–Crippen LogP) is 1.94. The van der Waals surface area contributed by atoms with Crippen molar-refractivity contribution in [3.8, 4) is 5.88 Å². The van der Waals surface area contributed by atoms with Crippen molar-refractivity contribution in [3.05, 3.63) is 21.7 Å². The molecule has 0 aromatic carbocycles. The minimum Gasteiger partial charge on any atom is -0.493 e. The Hall–Kier alpha value is -1.01. The molecule has 5 nitrogen and oxygen atoms in total. The van der Waals surface area contributed by atoms with E-state index in [2.05, 4.69) is 9.97 Å². The van der Waals surface area contributed by atoms with Gasteiger partial charge in [0, 0.05) is 11.5 Å². The molecule has 1 saturated carbocycles. The van der Waals surface area contributed by atoms with Crippen molar-refractivity contribution in [3.63, 3.8) is 0 Å². The van der Waals surface area contributed by atoms with Crippen LogP contribution in [0.4, 0.5) is 0 Å². The van der Waals surface area contributed by atoms with Gasteiger partial charge in [0.1, 0.15) is 11.9 Å². The lowest BCUT2D eigenvalue weighted by molar-refractivity contribution is 0.0686. The fourth-order valence-electron chi connectivity index (χ4n) is 2.87. The van der Waals surface area contributed by atoms with E-state index in [1.807, 2.05) is 0 Å². The quantitative estimate of drug-likeness (QED) is 0.867. The monoisotopic (exact) mass is 282 g/mol. The van der Waals surface area contributed by atoms with E-state index in [1.54, 1.807) is 11.8 Å². The first-order valence-corrected chi connectivity index (χ1v) is 7.93. The second kappa shape index (κ2) is 5.54. The molecular formula is C13H18N2O3S. The van der Waals surface area contributed by atoms with Crippen LogP contribution < -0.4 is 5.56 Å². The highest BCUT2D eigenvalue weighted by Crippen LogP contribution is 2.36. The lowest BCUT2D eigenvalue weighted by Crippen LogP contribution is -2.24. The van der Waals surface area contributed by atoms with Gasteiger partial charge in [-0.15, -0.1) is 0 Å². The van der Waals surface area contributed by atoms with Crippen LogP contribution in [0.2, 0.25) is 0 Å². The van der Waals surface area contributed by atoms with Crippen LogP contribution in [0.1, 0.15) is 49.1 Å². The SMILES string of the molecule is O=c1[nH]c(C2CSCCO2)nc(O)c1C1CCCC1. The van der Waals surface area contributed by atoms with E-state index in [-0.39, 0.29) is 23.5 Å². The average molecular weight is 282 g/mol. The number of nitrogens with zero attached hydrogens (tertiary/aromatic N) is 1. The van der Waals surface area contributed by atoms with Crippen molar-refractivity contribution >= 4 is 11.8 Å². The maximum absolute atomic E-state index is 12.2. The molecule has 0 spiro atoms. The number of aromatic amines is 1. The molecule has 1 aromatic rings. The van der Waals surface area contributed by atoms with Gasteiger partial charge in [-0.1, -0.05) is 12.8 Å². The summed E-state index contributed by atoms with van der Waals surface area (Å²) < 4.78 is 5.57. The lowest BCUT2D eigenvalue weighted by Gasteiger charge is -2.22. The van der Waals surface area contributed by atoms with Crippen LogP contribution in [0.15, 0.2) is 4.79 Å². The van der Waals surface area contributed by atoms with Gasteiger partial charge in [-0.2, -0.15) is 16.7 Å². The smallest absolute Gasteiger partial charge is 0.258 e. The summed E-state index contributed by atoms with van der Waals surface area (Å²) in [4.78, 5) is 19.1. The van der Waals surface area contributed by atoms with Crippen molar-refractivity contribution in [1.29, 1.82) is 0 Å². The first-order valence-electron chi connectivity index (χ1n) is 6.78. The fourth-order valence-corrected chi connectivity index (χ4v) is 3.72. The summed E-state index contributed by atoms with van der Waals surface area (Å²) in [7, 11) is 0. The third-order valence-electron chi connectivity index (χ3n) is 3.84. The highest BCUT2D eigenvalue weighted by molar-refractivity contribution is 7.99. The Labute approximate surface area is 115 Å². The van der Waals surface area contributed by atoms with E-state index in [4.69, 9.17) is 4.74 Å². The Morgan fingerprint density at radius 1 is 1.37 bits per heavy atom. The minimum atomic E-state index is -0.213. The van der Waals surface area contributed by atoms with Crippen molar-refractivity contribution in [2.45, 2.75) is 37.7 Å². The van der Waals surface area contributed by atoms with Crippen LogP contribution in [-0.4, -0.2) is 33.2 Å². The molecule has 6 heteroatoms. The molecule has 0 bridgehead atoms. The first-order chi connectivity index (χ1) is 9.25. The summed E-state index contributed by atoms with van der Waals surface area (Å²) in [5.74, 6) is 2.24. The zero-order valence-electron chi connectivity index (χ0n) is 10.7. The highest BCUT2D eigenvalue weighted by atomic mass is 32.2. The summed E-state index contributed by atoms with van der Waals surface area (Å²) in [5, 5.41) is 10.1. The summed E-state index contributed by atoms with van der Waals surface area (Å²) in [6.45, 7) is 0.657. The molecule has 0 radical (unpaired) electrons. The maximum atomic E-state index is 12.2. The zero-order chi connectivity index (χ0) is 13.2. The highest BCUT2D eigenvalue weighted by Gasteiger charge is 2.27. The average Bonchev–Trinajstić information content (AvgIpc) is 2.93. The van der Waals surface area contributed by atoms with Gasteiger partial charge in [0.05, 0.1) is 12.2 Å². The maximum Gasteiger partial charge on any atom is 0.258 e. The molecule has 1 unspecified atom stereocenters. The normalized spacial score (nSPS) is 24.7. The zero-order valence-corrected chi connectivity index (χ0v) is 11.5. The molecule has 0 amide bonds. The molecule has 2 aliphatic rings. The molecule has 2 heterocycles. The number of ether oxygens (including phenoxy) is 1. The van der Waals surface area contributed by atoms with Crippen molar-refractivity contribution in [1.82, 2.24) is 9.97 Å². The van der Waals surface area contributed by atoms with Crippen molar-refractivity contribution in [2.75, 3.05) is 18.1 Å². The van der Waals surface area contributed by atoms with Crippen LogP contribution in [0.5, 0.6) is 5.88 Å². The van der Waals surface area contributed by atoms with Gasteiger partial charge in [-0.3, -0.25) is 4.79 Å². The number of aromatic nitrogens is 2. The van der Waals surface area contributed by atoms with E-state index in [0.717, 1.165) is 37.2 Å². The van der Waals surface area contributed by atoms with E-state index in [9.17, 15) is 9.90 Å². The molecule has 1 aliphatic heterocycles. The van der Waals surface area contributed by atoms with Crippen molar-refractivity contribution in [2.24, 2.45) is 0 Å². The van der Waals surface area contributed by atoms with Crippen molar-refractivity contribution < 1.29 is 9.84 Å². The molecule has 1 saturated heterocycles. The molecule has 104 valence electrons. The van der Waals surface area contributed by atoms with Crippen LogP contribution in [-0.2, 0) is 4.74 Å². The lowest BCUT2D eigenvalue weighted by atomic mass is 10.00. The van der Waals surface area contributed by atoms with E-state index < -0.39 is 0 Å². The molecule has 19 heavy (non-hydrogen) atoms. The Kier molecular flexibility index (Phi) is 3.79. The third kappa shape index (κ3) is 2.65. The largest absolute Gasteiger partial charge is 0.493 e. The second-order valence-corrected chi connectivity index (χ2v) is 6.25. The van der Waals surface area contributed by atoms with Crippen LogP contribution in [0.25, 0.3) is 0 Å². The number of aromatic hydroxyl groups is 1. The predicted molar refractivity (Wildman–Crippen MR) is 73.7 cm³/mol. The number of hydrogen-bond acceptors (Lipinski definition) is 5. The Morgan fingerprint density at radius 3 is 2.79 bits per heavy atom. The molecule has 3 rings (SSSR count). The molecule has 1 atom stereocenters. The summed E-state index contributed by atoms with van der Waals surface area (Å²) in [5.41, 5.74) is 0.262. The standard InChI is InChI=1S/C13H18N2O3S/c16-12-10(8-3-1-2-4-8)13(17)15-11(14-12)9-7-19-6-5-18-9/h8-9H,1-7H2,(H2,14,15,16,17). The van der Waals surface area contributed by atoms with Gasteiger partial charge < -0.3 is 14.8 Å². The minimum absolute atomic E-state index is 0.107. The van der Waals surface area contributed by atoms with Crippen LogP contribution >= 0.6 is 11.8 Å². The number of hydrogen-bond donors (Lipinski definition) is 2. The summed E-state index contributed by atoms with van der Waals surface area (Å²) in [6.07, 6.45) is 3.96.